The number of fused-ring (bicyclic) bond motifs is 1. The van der Waals surface area contributed by atoms with Gasteiger partial charge in [-0.3, -0.25) is 9.69 Å². The van der Waals surface area contributed by atoms with E-state index in [-0.39, 0.29) is 11.9 Å². The zero-order valence-electron chi connectivity index (χ0n) is 18.7. The zero-order valence-corrected chi connectivity index (χ0v) is 18.7. The summed E-state index contributed by atoms with van der Waals surface area (Å²) in [5.74, 6) is 1.88. The Morgan fingerprint density at radius 2 is 1.78 bits per heavy atom. The molecule has 1 unspecified atom stereocenters. The van der Waals surface area contributed by atoms with Crippen LogP contribution in [0.4, 0.5) is 0 Å². The molecule has 0 radical (unpaired) electrons. The Morgan fingerprint density at radius 1 is 1.03 bits per heavy atom. The average molecular weight is 430 g/mol. The van der Waals surface area contributed by atoms with Crippen LogP contribution in [0, 0.1) is 0 Å². The first-order chi connectivity index (χ1) is 15.7. The predicted octanol–water partition coefficient (Wildman–Crippen LogP) is 3.66. The number of rotatable bonds is 8. The SMILES string of the molecule is CC(NC(=O)CCc1ccccc1)c1nnc2n1CCN(CC=Cc1ccccc1)CC2. The lowest BCUT2D eigenvalue weighted by molar-refractivity contribution is -0.121. The standard InChI is InChI=1S/C26H31N5O/c1-21(27-25(32)15-14-23-11-6-3-7-12-23)26-29-28-24-16-18-30(19-20-31(24)26)17-8-13-22-9-4-2-5-10-22/h2-13,21H,14-20H2,1H3,(H,27,32). The third-order valence-corrected chi connectivity index (χ3v) is 5.87. The van der Waals surface area contributed by atoms with E-state index in [4.69, 9.17) is 0 Å². The topological polar surface area (TPSA) is 63.1 Å². The van der Waals surface area contributed by atoms with Crippen molar-refractivity contribution in [1.29, 1.82) is 0 Å². The van der Waals surface area contributed by atoms with E-state index in [0.29, 0.717) is 6.42 Å². The molecule has 1 aromatic heterocycles. The highest BCUT2D eigenvalue weighted by Gasteiger charge is 2.22. The minimum Gasteiger partial charge on any atom is -0.346 e. The number of nitrogens with one attached hydrogen (secondary N) is 1. The summed E-state index contributed by atoms with van der Waals surface area (Å²) in [6.07, 6.45) is 6.46. The van der Waals surface area contributed by atoms with Gasteiger partial charge >= 0.3 is 0 Å². The monoisotopic (exact) mass is 429 g/mol. The molecule has 166 valence electrons. The Hall–Kier alpha value is -3.25. The number of hydrogen-bond acceptors (Lipinski definition) is 4. The molecule has 6 heteroatoms. The second-order valence-electron chi connectivity index (χ2n) is 8.26. The summed E-state index contributed by atoms with van der Waals surface area (Å²) in [6, 6.07) is 20.3. The molecule has 2 aromatic carbocycles. The van der Waals surface area contributed by atoms with Crippen LogP contribution in [0.2, 0.25) is 0 Å². The molecule has 2 heterocycles. The molecule has 1 aliphatic rings. The Bertz CT molecular complexity index is 1030. The van der Waals surface area contributed by atoms with Crippen molar-refractivity contribution in [2.24, 2.45) is 0 Å². The third-order valence-electron chi connectivity index (χ3n) is 5.87. The number of carbonyl (C=O) groups excluding carboxylic acids is 1. The summed E-state index contributed by atoms with van der Waals surface area (Å²) in [6.45, 7) is 5.62. The number of carbonyl (C=O) groups is 1. The van der Waals surface area contributed by atoms with Gasteiger partial charge in [0.05, 0.1) is 6.04 Å². The van der Waals surface area contributed by atoms with Crippen molar-refractivity contribution >= 4 is 12.0 Å². The van der Waals surface area contributed by atoms with E-state index in [1.807, 2.05) is 31.2 Å². The number of aromatic nitrogens is 3. The molecule has 0 aliphatic carbocycles. The first-order valence-electron chi connectivity index (χ1n) is 11.4. The summed E-state index contributed by atoms with van der Waals surface area (Å²) in [4.78, 5) is 14.9. The summed E-state index contributed by atoms with van der Waals surface area (Å²) >= 11 is 0. The Labute approximate surface area is 190 Å². The van der Waals surface area contributed by atoms with Gasteiger partial charge in [0.1, 0.15) is 5.82 Å². The van der Waals surface area contributed by atoms with Crippen molar-refractivity contribution in [3.63, 3.8) is 0 Å². The van der Waals surface area contributed by atoms with Gasteiger partial charge in [0.25, 0.3) is 0 Å². The van der Waals surface area contributed by atoms with Crippen molar-refractivity contribution in [3.05, 3.63) is 89.5 Å². The molecule has 1 amide bonds. The molecule has 0 fully saturated rings. The lowest BCUT2D eigenvalue weighted by Gasteiger charge is -2.18. The Balaban J connectivity index is 1.29. The number of hydrogen-bond donors (Lipinski definition) is 1. The molecule has 6 nitrogen and oxygen atoms in total. The van der Waals surface area contributed by atoms with Crippen molar-refractivity contribution in [2.75, 3.05) is 19.6 Å². The summed E-state index contributed by atoms with van der Waals surface area (Å²) < 4.78 is 2.18. The van der Waals surface area contributed by atoms with Gasteiger partial charge in [-0.15, -0.1) is 10.2 Å². The highest BCUT2D eigenvalue weighted by Crippen LogP contribution is 2.16. The average Bonchev–Trinajstić information content (AvgIpc) is 3.13. The van der Waals surface area contributed by atoms with Crippen molar-refractivity contribution in [3.8, 4) is 0 Å². The van der Waals surface area contributed by atoms with Crippen LogP contribution in [0.5, 0.6) is 0 Å². The first kappa shape index (κ1) is 22.0. The normalized spacial score (nSPS) is 15.3. The predicted molar refractivity (Wildman–Crippen MR) is 127 cm³/mol. The van der Waals surface area contributed by atoms with Gasteiger partial charge in [-0.05, 0) is 24.5 Å². The third kappa shape index (κ3) is 5.92. The smallest absolute Gasteiger partial charge is 0.220 e. The van der Waals surface area contributed by atoms with Gasteiger partial charge in [0, 0.05) is 39.0 Å². The number of aryl methyl sites for hydroxylation is 1. The zero-order chi connectivity index (χ0) is 22.2. The van der Waals surface area contributed by atoms with Crippen LogP contribution in [0.15, 0.2) is 66.7 Å². The number of nitrogens with zero attached hydrogens (tertiary/aromatic N) is 4. The van der Waals surface area contributed by atoms with Crippen LogP contribution in [-0.4, -0.2) is 45.2 Å². The molecule has 32 heavy (non-hydrogen) atoms. The van der Waals surface area contributed by atoms with E-state index in [9.17, 15) is 4.79 Å². The fraction of sp³-hybridized carbons (Fsp3) is 0.346. The van der Waals surface area contributed by atoms with Gasteiger partial charge in [-0.1, -0.05) is 72.8 Å². The number of benzene rings is 2. The Morgan fingerprint density at radius 3 is 2.56 bits per heavy atom. The molecule has 4 rings (SSSR count). The molecule has 0 saturated carbocycles. The van der Waals surface area contributed by atoms with Crippen LogP contribution in [0.3, 0.4) is 0 Å². The highest BCUT2D eigenvalue weighted by molar-refractivity contribution is 5.76. The maximum Gasteiger partial charge on any atom is 0.220 e. The van der Waals surface area contributed by atoms with E-state index >= 15 is 0 Å². The molecule has 0 spiro atoms. The van der Waals surface area contributed by atoms with Gasteiger partial charge in [-0.25, -0.2) is 0 Å². The fourth-order valence-electron chi connectivity index (χ4n) is 4.07. The van der Waals surface area contributed by atoms with Crippen LogP contribution >= 0.6 is 0 Å². The second kappa shape index (κ2) is 10.9. The van der Waals surface area contributed by atoms with E-state index in [2.05, 4.69) is 73.5 Å². The summed E-state index contributed by atoms with van der Waals surface area (Å²) in [5.41, 5.74) is 2.40. The first-order valence-corrected chi connectivity index (χ1v) is 11.4. The molecule has 0 saturated heterocycles. The van der Waals surface area contributed by atoms with E-state index in [1.165, 1.54) is 11.1 Å². The van der Waals surface area contributed by atoms with Crippen LogP contribution in [0.1, 0.15) is 42.2 Å². The van der Waals surface area contributed by atoms with Crippen molar-refractivity contribution in [1.82, 2.24) is 25.0 Å². The highest BCUT2D eigenvalue weighted by atomic mass is 16.1. The maximum atomic E-state index is 12.5. The minimum atomic E-state index is -0.163. The quantitative estimate of drug-likeness (QED) is 0.594. The summed E-state index contributed by atoms with van der Waals surface area (Å²) in [7, 11) is 0. The molecule has 1 atom stereocenters. The van der Waals surface area contributed by atoms with Gasteiger partial charge in [-0.2, -0.15) is 0 Å². The molecule has 3 aromatic rings. The molecular formula is C26H31N5O. The Kier molecular flexibility index (Phi) is 7.46. The second-order valence-corrected chi connectivity index (χ2v) is 8.26. The molecular weight excluding hydrogens is 398 g/mol. The summed E-state index contributed by atoms with van der Waals surface area (Å²) in [5, 5.41) is 11.9. The van der Waals surface area contributed by atoms with Crippen molar-refractivity contribution in [2.45, 2.75) is 38.8 Å². The van der Waals surface area contributed by atoms with Gasteiger partial charge in [0.2, 0.25) is 5.91 Å². The number of amides is 1. The molecule has 0 bridgehead atoms. The molecule has 1 N–H and O–H groups in total. The van der Waals surface area contributed by atoms with Crippen LogP contribution in [0.25, 0.3) is 6.08 Å². The lowest BCUT2D eigenvalue weighted by Crippen LogP contribution is -2.30. The largest absolute Gasteiger partial charge is 0.346 e. The van der Waals surface area contributed by atoms with E-state index in [0.717, 1.165) is 50.7 Å². The van der Waals surface area contributed by atoms with Crippen molar-refractivity contribution < 1.29 is 4.79 Å². The maximum absolute atomic E-state index is 12.5. The van der Waals surface area contributed by atoms with E-state index in [1.54, 1.807) is 0 Å². The lowest BCUT2D eigenvalue weighted by atomic mass is 10.1. The van der Waals surface area contributed by atoms with E-state index < -0.39 is 0 Å². The van der Waals surface area contributed by atoms with Crippen LogP contribution in [-0.2, 0) is 24.2 Å². The van der Waals surface area contributed by atoms with Gasteiger partial charge in [0.15, 0.2) is 5.82 Å². The van der Waals surface area contributed by atoms with Gasteiger partial charge < -0.3 is 9.88 Å². The molecule has 1 aliphatic heterocycles. The fourth-order valence-corrected chi connectivity index (χ4v) is 4.07. The van der Waals surface area contributed by atoms with Crippen LogP contribution < -0.4 is 5.32 Å². The minimum absolute atomic E-state index is 0.0417.